The van der Waals surface area contributed by atoms with Crippen LogP contribution in [-0.2, 0) is 14.6 Å². The molecule has 4 nitrogen and oxygen atoms in total. The van der Waals surface area contributed by atoms with E-state index in [2.05, 4.69) is 19.2 Å². The number of carbonyl (C=O) groups is 1. The predicted octanol–water partition coefficient (Wildman–Crippen LogP) is 1.02. The molecule has 1 unspecified atom stereocenters. The zero-order valence-corrected chi connectivity index (χ0v) is 11.8. The maximum atomic E-state index is 12.3. The molecule has 0 amide bonds. The number of sulfone groups is 1. The molecule has 0 saturated carbocycles. The highest BCUT2D eigenvalue weighted by molar-refractivity contribution is 7.90. The van der Waals surface area contributed by atoms with Crippen LogP contribution in [0.15, 0.2) is 0 Å². The molecule has 0 aromatic rings. The average molecular weight is 261 g/mol. The second-order valence-electron chi connectivity index (χ2n) is 5.39. The largest absolute Gasteiger partial charge is 0.316 e. The minimum Gasteiger partial charge on any atom is -0.316 e. The molecule has 0 spiro atoms. The highest BCUT2D eigenvalue weighted by Crippen LogP contribution is 2.36. The number of carbonyl (C=O) groups excluding carboxylic acids is 1. The molecule has 5 heteroatoms. The van der Waals surface area contributed by atoms with Gasteiger partial charge in [-0.1, -0.05) is 13.8 Å². The highest BCUT2D eigenvalue weighted by Gasteiger charge is 2.42. The molecule has 0 aromatic heterocycles. The van der Waals surface area contributed by atoms with Crippen LogP contribution in [0.4, 0.5) is 0 Å². The maximum Gasteiger partial charge on any atom is 0.147 e. The fraction of sp³-hybridized carbons (Fsp3) is 0.917. The SMILES string of the molecule is CC(C)C1(C(=O)CCCS(C)(=O)=O)CCNC1. The molecule has 1 aliphatic rings. The zero-order valence-electron chi connectivity index (χ0n) is 11.0. The molecule has 0 bridgehead atoms. The van der Waals surface area contributed by atoms with Crippen molar-refractivity contribution in [3.05, 3.63) is 0 Å². The number of nitrogens with one attached hydrogen (secondary N) is 1. The summed E-state index contributed by atoms with van der Waals surface area (Å²) in [6, 6.07) is 0. The van der Waals surface area contributed by atoms with Gasteiger partial charge in [0.1, 0.15) is 15.6 Å². The smallest absolute Gasteiger partial charge is 0.147 e. The van der Waals surface area contributed by atoms with Crippen LogP contribution in [0.3, 0.4) is 0 Å². The molecule has 1 saturated heterocycles. The van der Waals surface area contributed by atoms with E-state index in [1.165, 1.54) is 6.26 Å². The quantitative estimate of drug-likeness (QED) is 0.775. The summed E-state index contributed by atoms with van der Waals surface area (Å²) < 4.78 is 22.0. The lowest BCUT2D eigenvalue weighted by atomic mass is 9.72. The monoisotopic (exact) mass is 261 g/mol. The van der Waals surface area contributed by atoms with Gasteiger partial charge < -0.3 is 5.32 Å². The fourth-order valence-electron chi connectivity index (χ4n) is 2.51. The Morgan fingerprint density at radius 3 is 2.47 bits per heavy atom. The minimum absolute atomic E-state index is 0.111. The second kappa shape index (κ2) is 5.48. The van der Waals surface area contributed by atoms with Crippen molar-refractivity contribution in [1.82, 2.24) is 5.32 Å². The topological polar surface area (TPSA) is 63.2 Å². The Labute approximate surface area is 104 Å². The molecule has 0 radical (unpaired) electrons. The summed E-state index contributed by atoms with van der Waals surface area (Å²) in [6.45, 7) is 5.77. The van der Waals surface area contributed by atoms with Crippen molar-refractivity contribution in [2.75, 3.05) is 25.1 Å². The molecule has 0 aliphatic carbocycles. The number of Topliss-reactive ketones (excluding diaryl/α,β-unsaturated/α-hetero) is 1. The fourth-order valence-corrected chi connectivity index (χ4v) is 3.18. The van der Waals surface area contributed by atoms with Gasteiger partial charge in [-0.3, -0.25) is 4.79 Å². The Morgan fingerprint density at radius 2 is 2.06 bits per heavy atom. The van der Waals surface area contributed by atoms with Gasteiger partial charge in [0.25, 0.3) is 0 Å². The summed E-state index contributed by atoms with van der Waals surface area (Å²) in [5, 5.41) is 3.24. The zero-order chi connectivity index (χ0) is 13.1. The Balaban J connectivity index is 2.56. The molecule has 100 valence electrons. The van der Waals surface area contributed by atoms with Gasteiger partial charge in [0.05, 0.1) is 5.75 Å². The van der Waals surface area contributed by atoms with Crippen LogP contribution in [0.2, 0.25) is 0 Å². The van der Waals surface area contributed by atoms with Crippen LogP contribution >= 0.6 is 0 Å². The summed E-state index contributed by atoms with van der Waals surface area (Å²) in [5.74, 6) is 0.643. The molecule has 1 heterocycles. The van der Waals surface area contributed by atoms with Crippen LogP contribution < -0.4 is 5.32 Å². The molecule has 17 heavy (non-hydrogen) atoms. The van der Waals surface area contributed by atoms with E-state index in [1.807, 2.05) is 0 Å². The summed E-state index contributed by atoms with van der Waals surface area (Å²) in [5.41, 5.74) is -0.266. The van der Waals surface area contributed by atoms with Crippen molar-refractivity contribution in [3.8, 4) is 0 Å². The van der Waals surface area contributed by atoms with Gasteiger partial charge in [0.15, 0.2) is 0 Å². The molecular formula is C12H23NO3S. The first-order chi connectivity index (χ1) is 7.78. The van der Waals surface area contributed by atoms with E-state index in [4.69, 9.17) is 0 Å². The lowest BCUT2D eigenvalue weighted by Crippen LogP contribution is -2.38. The molecule has 1 rings (SSSR count). The van der Waals surface area contributed by atoms with Crippen LogP contribution in [-0.4, -0.2) is 39.3 Å². The van der Waals surface area contributed by atoms with E-state index >= 15 is 0 Å². The normalized spacial score (nSPS) is 25.4. The summed E-state index contributed by atoms with van der Waals surface area (Å²) >= 11 is 0. The number of rotatable bonds is 6. The van der Waals surface area contributed by atoms with Gasteiger partial charge in [0.2, 0.25) is 0 Å². The van der Waals surface area contributed by atoms with Crippen LogP contribution in [0.25, 0.3) is 0 Å². The van der Waals surface area contributed by atoms with Crippen molar-refractivity contribution >= 4 is 15.6 Å². The van der Waals surface area contributed by atoms with Gasteiger partial charge in [-0.25, -0.2) is 8.42 Å². The Kier molecular flexibility index (Phi) is 4.72. The standard InChI is InChI=1S/C12H23NO3S/c1-10(2)12(6-7-13-9-12)11(14)5-4-8-17(3,15)16/h10,13H,4-9H2,1-3H3. The number of ketones is 1. The third-order valence-corrected chi connectivity index (χ3v) is 4.80. The summed E-state index contributed by atoms with van der Waals surface area (Å²) in [7, 11) is -2.95. The maximum absolute atomic E-state index is 12.3. The molecule has 1 aliphatic heterocycles. The predicted molar refractivity (Wildman–Crippen MR) is 68.7 cm³/mol. The van der Waals surface area contributed by atoms with Gasteiger partial charge in [-0.2, -0.15) is 0 Å². The van der Waals surface area contributed by atoms with E-state index in [-0.39, 0.29) is 17.0 Å². The first kappa shape index (κ1) is 14.6. The Hall–Kier alpha value is -0.420. The third kappa shape index (κ3) is 3.78. The van der Waals surface area contributed by atoms with Gasteiger partial charge in [0, 0.05) is 24.6 Å². The van der Waals surface area contributed by atoms with Gasteiger partial charge >= 0.3 is 0 Å². The van der Waals surface area contributed by atoms with Crippen molar-refractivity contribution in [1.29, 1.82) is 0 Å². The lowest BCUT2D eigenvalue weighted by molar-refractivity contribution is -0.130. The highest BCUT2D eigenvalue weighted by atomic mass is 32.2. The first-order valence-electron chi connectivity index (χ1n) is 6.20. The molecule has 1 atom stereocenters. The van der Waals surface area contributed by atoms with Crippen molar-refractivity contribution in [3.63, 3.8) is 0 Å². The van der Waals surface area contributed by atoms with Crippen molar-refractivity contribution < 1.29 is 13.2 Å². The van der Waals surface area contributed by atoms with Gasteiger partial charge in [-0.05, 0) is 25.3 Å². The molecular weight excluding hydrogens is 238 g/mol. The Morgan fingerprint density at radius 1 is 1.41 bits per heavy atom. The van der Waals surface area contributed by atoms with Crippen molar-refractivity contribution in [2.24, 2.45) is 11.3 Å². The van der Waals surface area contributed by atoms with E-state index in [1.54, 1.807) is 0 Å². The average Bonchev–Trinajstić information content (AvgIpc) is 2.64. The van der Waals surface area contributed by atoms with Crippen LogP contribution in [0.5, 0.6) is 0 Å². The molecule has 0 aromatic carbocycles. The van der Waals surface area contributed by atoms with E-state index in [0.29, 0.717) is 18.8 Å². The van der Waals surface area contributed by atoms with Crippen molar-refractivity contribution in [2.45, 2.75) is 33.1 Å². The van der Waals surface area contributed by atoms with Crippen LogP contribution in [0.1, 0.15) is 33.1 Å². The summed E-state index contributed by atoms with van der Waals surface area (Å²) in [4.78, 5) is 12.3. The van der Waals surface area contributed by atoms with Crippen LogP contribution in [0, 0.1) is 11.3 Å². The second-order valence-corrected chi connectivity index (χ2v) is 7.65. The minimum atomic E-state index is -2.95. The van der Waals surface area contributed by atoms with E-state index < -0.39 is 9.84 Å². The van der Waals surface area contributed by atoms with E-state index in [9.17, 15) is 13.2 Å². The number of hydrogen-bond donors (Lipinski definition) is 1. The lowest BCUT2D eigenvalue weighted by Gasteiger charge is -2.31. The third-order valence-electron chi connectivity index (χ3n) is 3.77. The Bertz CT molecular complexity index is 367. The summed E-state index contributed by atoms with van der Waals surface area (Å²) in [6.07, 6.45) is 2.92. The molecule has 1 fully saturated rings. The molecule has 1 N–H and O–H groups in total. The van der Waals surface area contributed by atoms with E-state index in [0.717, 1.165) is 19.5 Å². The van der Waals surface area contributed by atoms with Gasteiger partial charge in [-0.15, -0.1) is 0 Å². The number of hydrogen-bond acceptors (Lipinski definition) is 4. The first-order valence-corrected chi connectivity index (χ1v) is 8.26.